The lowest BCUT2D eigenvalue weighted by Crippen LogP contribution is -1.72. The summed E-state index contributed by atoms with van der Waals surface area (Å²) in [5.41, 5.74) is 0. The van der Waals surface area contributed by atoms with Gasteiger partial charge < -0.3 is 0 Å². The average Bonchev–Trinajstić information content (AvgIpc) is 1.71. The number of hydrogen-bond donors (Lipinski definition) is 1. The van der Waals surface area contributed by atoms with Crippen LogP contribution in [-0.2, 0) is 47.2 Å². The van der Waals surface area contributed by atoms with Crippen molar-refractivity contribution in [2.75, 3.05) is 0 Å². The minimum absolute atomic E-state index is 0.481. The molecule has 0 aromatic rings. The Morgan fingerprint density at radius 3 is 1.79 bits per heavy atom. The summed E-state index contributed by atoms with van der Waals surface area (Å²) in [6.45, 7) is 0. The van der Waals surface area contributed by atoms with Gasteiger partial charge in [0.2, 0.25) is 0 Å². The Bertz CT molecular complexity index is 383. The van der Waals surface area contributed by atoms with E-state index in [2.05, 4.69) is 12.2 Å². The third-order valence-electron chi connectivity index (χ3n) is 0.940. The van der Waals surface area contributed by atoms with Crippen LogP contribution < -0.4 is 0 Å². The first-order valence-electron chi connectivity index (χ1n) is 2.76. The summed E-state index contributed by atoms with van der Waals surface area (Å²) >= 11 is 35.7. The highest BCUT2D eigenvalue weighted by Gasteiger charge is 2.55. The van der Waals surface area contributed by atoms with Crippen LogP contribution in [0.5, 0.6) is 0 Å². The SMILES string of the molecule is S=[P+]1SP2(=S)SP(=S)(S)S[P@@](=S)(S1)S2. The second-order valence-electron chi connectivity index (χ2n) is 1.99. The van der Waals surface area contributed by atoms with Gasteiger partial charge in [0.15, 0.2) is 41.1 Å². The Labute approximate surface area is 128 Å². The molecule has 3 unspecified atom stereocenters. The zero-order valence-electron chi connectivity index (χ0n) is 5.91. The highest BCUT2D eigenvalue weighted by molar-refractivity contribution is 9.71. The van der Waals surface area contributed by atoms with E-state index in [-0.39, 0.29) is 0 Å². The summed E-state index contributed by atoms with van der Waals surface area (Å²) in [7, 11) is 0. The molecule has 0 amide bonds. The van der Waals surface area contributed by atoms with Gasteiger partial charge in [-0.3, -0.25) is 0 Å². The molecule has 2 saturated heterocycles. The predicted octanol–water partition coefficient (Wildman–Crippen LogP) is 7.06. The highest BCUT2D eigenvalue weighted by atomic mass is 34.0. The van der Waals surface area contributed by atoms with Crippen molar-refractivity contribution >= 4 is 131 Å². The van der Waals surface area contributed by atoms with E-state index in [1.165, 1.54) is 0 Å². The van der Waals surface area contributed by atoms with E-state index in [9.17, 15) is 0 Å². The summed E-state index contributed by atoms with van der Waals surface area (Å²) in [5.74, 6) is 0. The van der Waals surface area contributed by atoms with E-state index in [1.807, 2.05) is 11.0 Å². The standard InChI is InChI=1S/P4S10/c5-1-10-3(8)12-2(6,7)13-4(9,11-1)14-3/p+1/t3-,4?/m1/s1. The van der Waals surface area contributed by atoms with Gasteiger partial charge in [-0.15, -0.1) is 12.2 Å². The molecule has 2 fully saturated rings. The van der Waals surface area contributed by atoms with Crippen molar-refractivity contribution in [3.8, 4) is 0 Å². The molecule has 2 heterocycles. The van der Waals surface area contributed by atoms with E-state index >= 15 is 0 Å². The predicted molar refractivity (Wildman–Crippen MR) is 104 cm³/mol. The van der Waals surface area contributed by atoms with Crippen molar-refractivity contribution in [1.82, 2.24) is 0 Å². The largest absolute Gasteiger partial charge is 0.330 e. The molecule has 0 spiro atoms. The zero-order valence-corrected chi connectivity index (χ0v) is 17.7. The third kappa shape index (κ3) is 3.79. The number of hydrogen-bond acceptors (Lipinski definition) is 9. The summed E-state index contributed by atoms with van der Waals surface area (Å²) in [5, 5.41) is -0.481. The Kier molecular flexibility index (Phi) is 5.52. The molecule has 0 nitrogen and oxygen atoms in total. The number of rotatable bonds is 0. The van der Waals surface area contributed by atoms with Gasteiger partial charge in [-0.05, 0) is 33.0 Å². The molecule has 0 aromatic carbocycles. The average molecular weight is 446 g/mol. The van der Waals surface area contributed by atoms with Gasteiger partial charge in [0, 0.05) is 0 Å². The molecule has 14 heteroatoms. The Hall–Kier alpha value is 4.57. The molecule has 0 N–H and O–H groups in total. The maximum Gasteiger partial charge on any atom is 0.330 e. The normalized spacial score (nSPS) is 55.6. The fourth-order valence-corrected chi connectivity index (χ4v) is 160. The van der Waals surface area contributed by atoms with Crippen LogP contribution in [0, 0.1) is 0 Å². The van der Waals surface area contributed by atoms with Crippen LogP contribution >= 0.6 is 83.3 Å². The van der Waals surface area contributed by atoms with Gasteiger partial charge in [0.05, 0.1) is 0 Å². The molecule has 2 aliphatic rings. The molecule has 14 heavy (non-hydrogen) atoms. The Balaban J connectivity index is 2.47. The molecule has 2 rings (SSSR count). The van der Waals surface area contributed by atoms with Crippen LogP contribution in [0.3, 0.4) is 0 Å². The van der Waals surface area contributed by atoms with E-state index in [4.69, 9.17) is 47.2 Å². The summed E-state index contributed by atoms with van der Waals surface area (Å²) < 4.78 is -4.72. The molecule has 4 atom stereocenters. The molecular formula is HP4S10+. The maximum absolute atomic E-state index is 5.68. The minimum atomic E-state index is -1.67. The van der Waals surface area contributed by atoms with Gasteiger partial charge >= 0.3 is 5.10 Å². The van der Waals surface area contributed by atoms with Crippen LogP contribution in [-0.4, -0.2) is 0 Å². The topological polar surface area (TPSA) is 0 Å². The Morgan fingerprint density at radius 2 is 1.36 bits per heavy atom. The maximum atomic E-state index is 5.68. The summed E-state index contributed by atoms with van der Waals surface area (Å²) in [6, 6.07) is 0. The van der Waals surface area contributed by atoms with Crippen LogP contribution in [0.25, 0.3) is 0 Å². The second-order valence-corrected chi connectivity index (χ2v) is 53.9. The number of fused-ring (bicyclic) bond motifs is 2. The molecular weight excluding hydrogens is 445 g/mol. The van der Waals surface area contributed by atoms with Gasteiger partial charge in [0.1, 0.15) is 3.64 Å². The van der Waals surface area contributed by atoms with Crippen molar-refractivity contribution in [1.29, 1.82) is 0 Å². The van der Waals surface area contributed by atoms with E-state index in [0.29, 0.717) is 0 Å². The lowest BCUT2D eigenvalue weighted by atomic mass is 29.0. The molecule has 0 radical (unpaired) electrons. The first-order chi connectivity index (χ1) is 6.22. The quantitative estimate of drug-likeness (QED) is 0.305. The van der Waals surface area contributed by atoms with Crippen molar-refractivity contribution in [3.63, 3.8) is 0 Å². The van der Waals surface area contributed by atoms with Gasteiger partial charge in [-0.2, -0.15) is 0 Å². The van der Waals surface area contributed by atoms with Gasteiger partial charge in [-0.25, -0.2) is 0 Å². The first-order valence-corrected chi connectivity index (χ1v) is 24.8. The zero-order chi connectivity index (χ0) is 10.6. The molecule has 0 aliphatic carbocycles. The monoisotopic (exact) mass is 445 g/mol. The highest BCUT2D eigenvalue weighted by Crippen LogP contribution is 3.18. The van der Waals surface area contributed by atoms with E-state index in [1.54, 1.807) is 44.0 Å². The van der Waals surface area contributed by atoms with Crippen LogP contribution in [0.2, 0.25) is 0 Å². The first kappa shape index (κ1) is 15.0. The van der Waals surface area contributed by atoms with Crippen LogP contribution in [0.1, 0.15) is 0 Å². The van der Waals surface area contributed by atoms with E-state index < -0.39 is 16.0 Å². The van der Waals surface area contributed by atoms with E-state index in [0.717, 1.165) is 0 Å². The van der Waals surface area contributed by atoms with Crippen LogP contribution in [0.4, 0.5) is 0 Å². The molecule has 80 valence electrons. The smallest absolute Gasteiger partial charge is 0.121 e. The second kappa shape index (κ2) is 5.16. The lowest BCUT2D eigenvalue weighted by molar-refractivity contribution is 4.79. The molecule has 0 aromatic heterocycles. The number of thiol groups is 1. The third-order valence-corrected chi connectivity index (χ3v) is 76.1. The molecule has 2 bridgehead atoms. The lowest BCUT2D eigenvalue weighted by Gasteiger charge is -2.34. The summed E-state index contributed by atoms with van der Waals surface area (Å²) in [4.78, 5) is 0. The van der Waals surface area contributed by atoms with Crippen molar-refractivity contribution in [3.05, 3.63) is 0 Å². The van der Waals surface area contributed by atoms with Crippen molar-refractivity contribution in [2.24, 2.45) is 0 Å². The Morgan fingerprint density at radius 1 is 0.929 bits per heavy atom. The van der Waals surface area contributed by atoms with Crippen LogP contribution in [0.15, 0.2) is 0 Å². The van der Waals surface area contributed by atoms with Crippen molar-refractivity contribution < 1.29 is 0 Å². The van der Waals surface area contributed by atoms with Crippen molar-refractivity contribution in [2.45, 2.75) is 0 Å². The fraction of sp³-hybridized carbons (Fsp3) is 0. The summed E-state index contributed by atoms with van der Waals surface area (Å²) in [6.07, 6.45) is 0. The molecule has 2 aliphatic heterocycles. The fourth-order valence-electron chi connectivity index (χ4n) is 0.658. The van der Waals surface area contributed by atoms with Gasteiger partial charge in [0.25, 0.3) is 0 Å². The van der Waals surface area contributed by atoms with Gasteiger partial charge in [-0.1, -0.05) is 35.4 Å². The molecule has 0 saturated carbocycles. The minimum Gasteiger partial charge on any atom is -0.121 e.